The lowest BCUT2D eigenvalue weighted by Gasteiger charge is -2.37. The smallest absolute Gasteiger partial charge is 0.267 e. The van der Waals surface area contributed by atoms with Crippen LogP contribution in [-0.2, 0) is 9.53 Å². The van der Waals surface area contributed by atoms with E-state index < -0.39 is 0 Å². The van der Waals surface area contributed by atoms with E-state index in [-0.39, 0.29) is 17.6 Å². The van der Waals surface area contributed by atoms with Crippen LogP contribution in [0, 0.1) is 6.92 Å². The molecule has 5 heterocycles. The Hall–Kier alpha value is -3.41. The van der Waals surface area contributed by atoms with Gasteiger partial charge in [0.15, 0.2) is 0 Å². The second kappa shape index (κ2) is 11.2. The van der Waals surface area contributed by atoms with Gasteiger partial charge in [0.1, 0.15) is 21.5 Å². The molecule has 1 amide bonds. The number of aromatic nitrogens is 2. The zero-order valence-electron chi connectivity index (χ0n) is 22.5. The van der Waals surface area contributed by atoms with Gasteiger partial charge in [-0.15, -0.1) is 0 Å². The highest BCUT2D eigenvalue weighted by atomic mass is 32.2. The van der Waals surface area contributed by atoms with Crippen molar-refractivity contribution < 1.29 is 14.3 Å². The number of ether oxygens (including phenoxy) is 2. The fraction of sp³-hybridized carbons (Fsp3) is 0.379. The number of piperazine rings is 1. The van der Waals surface area contributed by atoms with Crippen molar-refractivity contribution in [1.82, 2.24) is 14.3 Å². The molecule has 9 nitrogen and oxygen atoms in total. The van der Waals surface area contributed by atoms with Crippen LogP contribution in [0.25, 0.3) is 11.7 Å². The maximum absolute atomic E-state index is 13.9. The Balaban J connectivity index is 1.32. The summed E-state index contributed by atoms with van der Waals surface area (Å²) < 4.78 is 13.1. The number of thiocarbonyl (C=S) groups is 1. The number of fused-ring (bicyclic) bond motifs is 1. The van der Waals surface area contributed by atoms with Gasteiger partial charge in [0.25, 0.3) is 11.5 Å². The molecule has 1 atom stereocenters. The van der Waals surface area contributed by atoms with Crippen molar-refractivity contribution in [3.63, 3.8) is 0 Å². The van der Waals surface area contributed by atoms with Gasteiger partial charge in [-0.05, 0) is 61.7 Å². The molecule has 2 aromatic heterocycles. The molecule has 3 saturated heterocycles. The van der Waals surface area contributed by atoms with Gasteiger partial charge >= 0.3 is 0 Å². The third-order valence-corrected chi connectivity index (χ3v) is 8.94. The molecule has 0 spiro atoms. The average Bonchev–Trinajstić information content (AvgIpc) is 3.59. The van der Waals surface area contributed by atoms with Crippen LogP contribution in [-0.4, -0.2) is 77.1 Å². The first-order valence-corrected chi connectivity index (χ1v) is 14.7. The summed E-state index contributed by atoms with van der Waals surface area (Å²) in [5.41, 5.74) is 2.85. The molecule has 3 aliphatic rings. The first-order chi connectivity index (χ1) is 19.4. The zero-order chi connectivity index (χ0) is 27.8. The van der Waals surface area contributed by atoms with Crippen LogP contribution in [0.2, 0.25) is 0 Å². The van der Waals surface area contributed by atoms with Crippen molar-refractivity contribution in [2.45, 2.75) is 25.9 Å². The van der Waals surface area contributed by atoms with Gasteiger partial charge in [0.05, 0.1) is 30.2 Å². The number of nitrogens with zero attached hydrogens (tertiary/aromatic N) is 5. The SMILES string of the molecule is COc1ccc(N2CCN(c3nc4ccc(C)cn4c(=O)c3/C=C3\SC(=S)N(CC4CCCO4)C3=O)CC2)cc1. The van der Waals surface area contributed by atoms with Crippen LogP contribution < -0.4 is 20.1 Å². The molecule has 0 saturated carbocycles. The van der Waals surface area contributed by atoms with Crippen molar-refractivity contribution in [3.05, 3.63) is 69.0 Å². The highest BCUT2D eigenvalue weighted by Crippen LogP contribution is 2.34. The second-order valence-corrected chi connectivity index (χ2v) is 11.9. The Morgan fingerprint density at radius 1 is 1.10 bits per heavy atom. The second-order valence-electron chi connectivity index (χ2n) is 10.2. The van der Waals surface area contributed by atoms with E-state index in [4.69, 9.17) is 26.7 Å². The molecule has 1 aromatic carbocycles. The number of anilines is 2. The third-order valence-electron chi connectivity index (χ3n) is 7.56. The van der Waals surface area contributed by atoms with Gasteiger partial charge in [-0.2, -0.15) is 0 Å². The summed E-state index contributed by atoms with van der Waals surface area (Å²) in [6, 6.07) is 11.8. The number of carbonyl (C=O) groups is 1. The lowest BCUT2D eigenvalue weighted by Crippen LogP contribution is -2.47. The van der Waals surface area contributed by atoms with E-state index in [1.807, 2.05) is 31.2 Å². The summed E-state index contributed by atoms with van der Waals surface area (Å²) >= 11 is 6.79. The monoisotopic (exact) mass is 577 g/mol. The molecular formula is C29H31N5O4S2. The van der Waals surface area contributed by atoms with Gasteiger partial charge in [-0.1, -0.05) is 30.0 Å². The normalized spacial score (nSPS) is 20.8. The van der Waals surface area contributed by atoms with E-state index in [1.54, 1.807) is 28.7 Å². The van der Waals surface area contributed by atoms with Crippen molar-refractivity contribution >= 4 is 57.4 Å². The Bertz CT molecular complexity index is 1540. The number of pyridine rings is 1. The number of rotatable bonds is 6. The fourth-order valence-corrected chi connectivity index (χ4v) is 6.62. The molecule has 3 fully saturated rings. The van der Waals surface area contributed by atoms with Crippen molar-refractivity contribution in [2.24, 2.45) is 0 Å². The molecule has 40 heavy (non-hydrogen) atoms. The van der Waals surface area contributed by atoms with Gasteiger partial charge in [-0.3, -0.25) is 18.9 Å². The molecule has 0 aliphatic carbocycles. The summed E-state index contributed by atoms with van der Waals surface area (Å²) in [4.78, 5) is 38.7. The number of aryl methyl sites for hydroxylation is 1. The first kappa shape index (κ1) is 26.8. The number of methoxy groups -OCH3 is 1. The Morgan fingerprint density at radius 3 is 2.55 bits per heavy atom. The number of thioether (sulfide) groups is 1. The van der Waals surface area contributed by atoms with Gasteiger partial charge in [-0.25, -0.2) is 4.98 Å². The number of hydrogen-bond acceptors (Lipinski definition) is 9. The molecule has 11 heteroatoms. The Morgan fingerprint density at radius 2 is 1.85 bits per heavy atom. The predicted octanol–water partition coefficient (Wildman–Crippen LogP) is 3.72. The maximum atomic E-state index is 13.9. The van der Waals surface area contributed by atoms with E-state index in [0.29, 0.717) is 52.5 Å². The first-order valence-electron chi connectivity index (χ1n) is 13.5. The molecule has 3 aromatic rings. The molecule has 0 N–H and O–H groups in total. The molecule has 6 rings (SSSR count). The highest BCUT2D eigenvalue weighted by molar-refractivity contribution is 8.26. The molecule has 0 bridgehead atoms. The van der Waals surface area contributed by atoms with Crippen molar-refractivity contribution in [2.75, 3.05) is 56.2 Å². The van der Waals surface area contributed by atoms with E-state index in [2.05, 4.69) is 21.9 Å². The minimum absolute atomic E-state index is 0.00431. The number of benzene rings is 1. The quantitative estimate of drug-likeness (QED) is 0.322. The van der Waals surface area contributed by atoms with Crippen LogP contribution in [0.4, 0.5) is 11.5 Å². The van der Waals surface area contributed by atoms with Crippen LogP contribution >= 0.6 is 24.0 Å². The predicted molar refractivity (Wildman–Crippen MR) is 162 cm³/mol. The number of carbonyl (C=O) groups excluding carboxylic acids is 1. The minimum Gasteiger partial charge on any atom is -0.497 e. The molecule has 208 valence electrons. The van der Waals surface area contributed by atoms with Crippen LogP contribution in [0.1, 0.15) is 24.0 Å². The van der Waals surface area contributed by atoms with Crippen LogP contribution in [0.15, 0.2) is 52.3 Å². The Labute approximate surface area is 242 Å². The molecule has 3 aliphatic heterocycles. The van der Waals surface area contributed by atoms with Crippen molar-refractivity contribution in [1.29, 1.82) is 0 Å². The lowest BCUT2D eigenvalue weighted by atomic mass is 10.2. The summed E-state index contributed by atoms with van der Waals surface area (Å²) in [5.74, 6) is 1.23. The minimum atomic E-state index is -0.203. The summed E-state index contributed by atoms with van der Waals surface area (Å²) in [6.07, 6.45) is 5.37. The van der Waals surface area contributed by atoms with Crippen LogP contribution in [0.5, 0.6) is 5.75 Å². The van der Waals surface area contributed by atoms with Gasteiger partial charge in [0.2, 0.25) is 0 Å². The van der Waals surface area contributed by atoms with E-state index in [0.717, 1.165) is 42.9 Å². The van der Waals surface area contributed by atoms with E-state index in [9.17, 15) is 9.59 Å². The number of amides is 1. The fourth-order valence-electron chi connectivity index (χ4n) is 5.36. The van der Waals surface area contributed by atoms with Crippen LogP contribution in [0.3, 0.4) is 0 Å². The summed E-state index contributed by atoms with van der Waals surface area (Å²) in [6.45, 7) is 5.99. The van der Waals surface area contributed by atoms with E-state index >= 15 is 0 Å². The highest BCUT2D eigenvalue weighted by Gasteiger charge is 2.35. The topological polar surface area (TPSA) is 79.6 Å². The van der Waals surface area contributed by atoms with Crippen molar-refractivity contribution in [3.8, 4) is 5.75 Å². The van der Waals surface area contributed by atoms with E-state index in [1.165, 1.54) is 11.8 Å². The standard InChI is InChI=1S/C29H31N5O4S2/c1-19-5-10-25-30-26(32-13-11-31(12-14-32)20-6-8-21(37-2)9-7-20)23(27(35)33(25)17-19)16-24-28(36)34(29(39)40-24)18-22-4-3-15-38-22/h5-10,16-17,22H,3-4,11-15,18H2,1-2H3/b24-16-. The van der Waals surface area contributed by atoms with Gasteiger partial charge < -0.3 is 19.3 Å². The van der Waals surface area contributed by atoms with Gasteiger partial charge in [0, 0.05) is 44.7 Å². The molecule has 1 unspecified atom stereocenters. The molecular weight excluding hydrogens is 546 g/mol. The number of hydrogen-bond donors (Lipinski definition) is 0. The summed E-state index contributed by atoms with van der Waals surface area (Å²) in [5, 5.41) is 0. The largest absolute Gasteiger partial charge is 0.497 e. The molecule has 0 radical (unpaired) electrons. The zero-order valence-corrected chi connectivity index (χ0v) is 24.2. The lowest BCUT2D eigenvalue weighted by molar-refractivity contribution is -0.123. The Kier molecular flexibility index (Phi) is 7.52. The summed E-state index contributed by atoms with van der Waals surface area (Å²) in [7, 11) is 1.66. The third kappa shape index (κ3) is 5.21. The average molecular weight is 578 g/mol. The maximum Gasteiger partial charge on any atom is 0.267 e.